The molecule has 0 unspecified atom stereocenters. The van der Waals surface area contributed by atoms with Crippen LogP contribution in [0.4, 0.5) is 11.6 Å². The van der Waals surface area contributed by atoms with Crippen molar-refractivity contribution in [3.05, 3.63) is 104 Å². The van der Waals surface area contributed by atoms with Crippen molar-refractivity contribution in [2.24, 2.45) is 7.05 Å². The van der Waals surface area contributed by atoms with E-state index in [1.807, 2.05) is 60.7 Å². The topological polar surface area (TPSA) is 108 Å². The summed E-state index contributed by atoms with van der Waals surface area (Å²) in [5.41, 5.74) is 5.39. The lowest BCUT2D eigenvalue weighted by Gasteiger charge is -2.13. The fraction of sp³-hybridized carbons (Fsp3) is 0.111. The van der Waals surface area contributed by atoms with Crippen LogP contribution < -0.4 is 10.1 Å². The summed E-state index contributed by atoms with van der Waals surface area (Å²) in [4.78, 5) is 21.9. The van der Waals surface area contributed by atoms with Crippen LogP contribution >= 0.6 is 0 Å². The zero-order chi connectivity index (χ0) is 25.0. The van der Waals surface area contributed by atoms with Gasteiger partial charge in [0.2, 0.25) is 5.95 Å². The number of hydrogen-bond donors (Lipinski definition) is 1. The Kier molecular flexibility index (Phi) is 5.96. The molecule has 0 atom stereocenters. The van der Waals surface area contributed by atoms with Crippen molar-refractivity contribution < 1.29 is 4.74 Å². The molecule has 0 bridgehead atoms. The van der Waals surface area contributed by atoms with Crippen molar-refractivity contribution in [3.8, 4) is 16.9 Å². The molecule has 0 radical (unpaired) electrons. The van der Waals surface area contributed by atoms with Crippen molar-refractivity contribution in [3.63, 3.8) is 0 Å². The van der Waals surface area contributed by atoms with Crippen molar-refractivity contribution in [1.82, 2.24) is 39.3 Å². The normalized spacial score (nSPS) is 11.1. The molecule has 182 valence electrons. The molecule has 0 saturated heterocycles. The van der Waals surface area contributed by atoms with Crippen molar-refractivity contribution in [1.29, 1.82) is 0 Å². The predicted molar refractivity (Wildman–Crippen MR) is 139 cm³/mol. The van der Waals surface area contributed by atoms with Crippen LogP contribution in [0.5, 0.6) is 5.75 Å². The molecule has 10 nitrogen and oxygen atoms in total. The van der Waals surface area contributed by atoms with Crippen molar-refractivity contribution in [2.75, 3.05) is 5.32 Å². The molecule has 6 aromatic rings. The lowest BCUT2D eigenvalue weighted by Crippen LogP contribution is -2.02. The summed E-state index contributed by atoms with van der Waals surface area (Å²) in [5, 5.41) is 8.53. The Bertz CT molecular complexity index is 1650. The van der Waals surface area contributed by atoms with Gasteiger partial charge in [-0.2, -0.15) is 5.10 Å². The van der Waals surface area contributed by atoms with Crippen LogP contribution in [0, 0.1) is 0 Å². The summed E-state index contributed by atoms with van der Waals surface area (Å²) in [6, 6.07) is 12.1. The SMILES string of the molecule is Cn1cc(-c2cc3cnc(Nc4cccc(Cn5ccnc5)c4)nc3cc2OCc2cnccn2)cn1. The summed E-state index contributed by atoms with van der Waals surface area (Å²) in [5.74, 6) is 1.18. The first-order valence-electron chi connectivity index (χ1n) is 11.7. The van der Waals surface area contributed by atoms with Crippen molar-refractivity contribution in [2.45, 2.75) is 13.2 Å². The highest BCUT2D eigenvalue weighted by Crippen LogP contribution is 2.34. The lowest BCUT2D eigenvalue weighted by atomic mass is 10.1. The summed E-state index contributed by atoms with van der Waals surface area (Å²) in [7, 11) is 1.89. The van der Waals surface area contributed by atoms with Crippen LogP contribution in [0.25, 0.3) is 22.0 Å². The Morgan fingerprint density at radius 1 is 0.973 bits per heavy atom. The molecule has 0 aliphatic carbocycles. The summed E-state index contributed by atoms with van der Waals surface area (Å²) < 4.78 is 9.97. The molecule has 0 saturated carbocycles. The summed E-state index contributed by atoms with van der Waals surface area (Å²) >= 11 is 0. The Morgan fingerprint density at radius 3 is 2.76 bits per heavy atom. The van der Waals surface area contributed by atoms with E-state index in [0.29, 0.717) is 11.7 Å². The van der Waals surface area contributed by atoms with E-state index in [0.717, 1.165) is 45.5 Å². The van der Waals surface area contributed by atoms with Gasteiger partial charge in [-0.05, 0) is 23.8 Å². The molecule has 0 aliphatic rings. The van der Waals surface area contributed by atoms with Crippen LogP contribution in [0.15, 0.2) is 92.3 Å². The van der Waals surface area contributed by atoms with Gasteiger partial charge in [0.05, 0.1) is 29.9 Å². The number of benzene rings is 2. The van der Waals surface area contributed by atoms with Gasteiger partial charge in [0.25, 0.3) is 0 Å². The van der Waals surface area contributed by atoms with Gasteiger partial charge in [-0.25, -0.2) is 15.0 Å². The van der Waals surface area contributed by atoms with E-state index >= 15 is 0 Å². The highest BCUT2D eigenvalue weighted by Gasteiger charge is 2.13. The third-order valence-electron chi connectivity index (χ3n) is 5.80. The maximum Gasteiger partial charge on any atom is 0.227 e. The molecule has 0 fully saturated rings. The van der Waals surface area contributed by atoms with Crippen LogP contribution in [0.3, 0.4) is 0 Å². The molecule has 6 rings (SSSR count). The zero-order valence-corrected chi connectivity index (χ0v) is 20.1. The van der Waals surface area contributed by atoms with Crippen LogP contribution in [0.1, 0.15) is 11.3 Å². The summed E-state index contributed by atoms with van der Waals surface area (Å²) in [6.07, 6.45) is 16.1. The van der Waals surface area contributed by atoms with Gasteiger partial charge in [0.1, 0.15) is 12.4 Å². The Balaban J connectivity index is 1.30. The van der Waals surface area contributed by atoms with E-state index in [1.54, 1.807) is 35.8 Å². The molecule has 0 aliphatic heterocycles. The van der Waals surface area contributed by atoms with E-state index in [9.17, 15) is 0 Å². The number of rotatable bonds is 8. The maximum atomic E-state index is 6.19. The first-order valence-corrected chi connectivity index (χ1v) is 11.7. The standard InChI is InChI=1S/C27H23N9O/c1-35-16-21(13-32-35)24-10-20-12-31-27(33-22-4-2-3-19(9-22)15-36-8-7-29-18-36)34-25(20)11-26(24)37-17-23-14-28-5-6-30-23/h2-14,16,18H,15,17H2,1H3,(H,31,33,34). The second kappa shape index (κ2) is 9.86. The molecule has 4 aromatic heterocycles. The number of ether oxygens (including phenoxy) is 1. The van der Waals surface area contributed by atoms with Gasteiger partial charge >= 0.3 is 0 Å². The van der Waals surface area contributed by atoms with E-state index in [1.165, 1.54) is 0 Å². The average Bonchev–Trinajstić information content (AvgIpc) is 3.59. The molecule has 37 heavy (non-hydrogen) atoms. The number of fused-ring (bicyclic) bond motifs is 1. The van der Waals surface area contributed by atoms with Crippen LogP contribution in [0.2, 0.25) is 0 Å². The Hall–Kier alpha value is -5.12. The predicted octanol–water partition coefficient (Wildman–Crippen LogP) is 4.39. The minimum Gasteiger partial charge on any atom is -0.487 e. The third-order valence-corrected chi connectivity index (χ3v) is 5.80. The molecular formula is C27H23N9O. The number of nitrogens with one attached hydrogen (secondary N) is 1. The Morgan fingerprint density at radius 2 is 1.95 bits per heavy atom. The van der Waals surface area contributed by atoms with Gasteiger partial charge in [0, 0.05) is 79.0 Å². The maximum absolute atomic E-state index is 6.19. The molecule has 0 spiro atoms. The highest BCUT2D eigenvalue weighted by atomic mass is 16.5. The minimum absolute atomic E-state index is 0.284. The summed E-state index contributed by atoms with van der Waals surface area (Å²) in [6.45, 7) is 1.02. The zero-order valence-electron chi connectivity index (χ0n) is 20.1. The number of aryl methyl sites for hydroxylation is 1. The second-order valence-electron chi connectivity index (χ2n) is 8.55. The number of nitrogens with zero attached hydrogens (tertiary/aromatic N) is 8. The number of anilines is 2. The monoisotopic (exact) mass is 489 g/mol. The number of imidazole rings is 1. The third kappa shape index (κ3) is 5.13. The fourth-order valence-corrected chi connectivity index (χ4v) is 4.05. The average molecular weight is 490 g/mol. The molecule has 4 heterocycles. The Labute approximate surface area is 212 Å². The first kappa shape index (κ1) is 22.4. The number of aromatic nitrogens is 8. The van der Waals surface area contributed by atoms with E-state index < -0.39 is 0 Å². The molecule has 0 amide bonds. The highest BCUT2D eigenvalue weighted by molar-refractivity contribution is 5.88. The van der Waals surface area contributed by atoms with E-state index in [4.69, 9.17) is 9.72 Å². The molecule has 2 aromatic carbocycles. The smallest absolute Gasteiger partial charge is 0.227 e. The molecule has 10 heteroatoms. The quantitative estimate of drug-likeness (QED) is 0.335. The van der Waals surface area contributed by atoms with E-state index in [-0.39, 0.29) is 6.61 Å². The fourth-order valence-electron chi connectivity index (χ4n) is 4.05. The lowest BCUT2D eigenvalue weighted by molar-refractivity contribution is 0.302. The number of hydrogen-bond acceptors (Lipinski definition) is 8. The van der Waals surface area contributed by atoms with E-state index in [2.05, 4.69) is 42.5 Å². The first-order chi connectivity index (χ1) is 18.2. The van der Waals surface area contributed by atoms with Gasteiger partial charge in [-0.15, -0.1) is 0 Å². The molecule has 1 N–H and O–H groups in total. The van der Waals surface area contributed by atoms with Gasteiger partial charge in [0.15, 0.2) is 0 Å². The van der Waals surface area contributed by atoms with Crippen LogP contribution in [-0.4, -0.2) is 39.3 Å². The van der Waals surface area contributed by atoms with Gasteiger partial charge in [-0.1, -0.05) is 12.1 Å². The van der Waals surface area contributed by atoms with Crippen molar-refractivity contribution >= 4 is 22.5 Å². The van der Waals surface area contributed by atoms with Gasteiger partial charge < -0.3 is 14.6 Å². The minimum atomic E-state index is 0.284. The molecular weight excluding hydrogens is 466 g/mol. The largest absolute Gasteiger partial charge is 0.487 e. The van der Waals surface area contributed by atoms with Gasteiger partial charge in [-0.3, -0.25) is 14.6 Å². The van der Waals surface area contributed by atoms with Crippen LogP contribution in [-0.2, 0) is 20.2 Å². The second-order valence-corrected chi connectivity index (χ2v) is 8.55.